The van der Waals surface area contributed by atoms with Crippen LogP contribution in [0.4, 0.5) is 0 Å². The lowest BCUT2D eigenvalue weighted by atomic mass is 10.1. The van der Waals surface area contributed by atoms with Crippen LogP contribution in [-0.2, 0) is 17.6 Å². The van der Waals surface area contributed by atoms with Crippen molar-refractivity contribution in [1.82, 2.24) is 5.32 Å². The van der Waals surface area contributed by atoms with Crippen molar-refractivity contribution in [3.05, 3.63) is 59.7 Å². The predicted octanol–water partition coefficient (Wildman–Crippen LogP) is 2.00. The number of carbonyl (C=O) groups is 1. The van der Waals surface area contributed by atoms with Gasteiger partial charge in [0.05, 0.1) is 6.42 Å². The molecule has 0 fully saturated rings. The van der Waals surface area contributed by atoms with Crippen LogP contribution >= 0.6 is 0 Å². The number of para-hydroxylation sites is 1. The lowest BCUT2D eigenvalue weighted by Gasteiger charge is -2.07. The Bertz CT molecular complexity index is 579. The highest BCUT2D eigenvalue weighted by Gasteiger charge is 2.06. The van der Waals surface area contributed by atoms with Gasteiger partial charge in [0.1, 0.15) is 11.5 Å². The van der Waals surface area contributed by atoms with Crippen LogP contribution in [0.5, 0.6) is 11.5 Å². The van der Waals surface area contributed by atoms with Gasteiger partial charge in [-0.2, -0.15) is 0 Å². The number of benzene rings is 2. The fourth-order valence-electron chi connectivity index (χ4n) is 1.90. The van der Waals surface area contributed by atoms with E-state index in [1.807, 2.05) is 12.1 Å². The molecular formula is C16H17NO3. The molecule has 0 atom stereocenters. The van der Waals surface area contributed by atoms with Crippen molar-refractivity contribution in [2.24, 2.45) is 0 Å². The minimum Gasteiger partial charge on any atom is -0.508 e. The molecule has 0 aliphatic carbocycles. The largest absolute Gasteiger partial charge is 0.508 e. The molecule has 0 aliphatic rings. The van der Waals surface area contributed by atoms with Gasteiger partial charge in [-0.15, -0.1) is 0 Å². The summed E-state index contributed by atoms with van der Waals surface area (Å²) in [5.74, 6) is 0.254. The van der Waals surface area contributed by atoms with Gasteiger partial charge in [-0.3, -0.25) is 4.79 Å². The van der Waals surface area contributed by atoms with Gasteiger partial charge in [0.2, 0.25) is 5.91 Å². The lowest BCUT2D eigenvalue weighted by molar-refractivity contribution is -0.120. The van der Waals surface area contributed by atoms with Crippen LogP contribution in [0.3, 0.4) is 0 Å². The topological polar surface area (TPSA) is 69.6 Å². The SMILES string of the molecule is O=C(Cc1ccccc1O)NCCc1ccc(O)cc1. The molecule has 2 aromatic carbocycles. The summed E-state index contributed by atoms with van der Waals surface area (Å²) in [5.41, 5.74) is 1.67. The average molecular weight is 271 g/mol. The van der Waals surface area contributed by atoms with E-state index in [2.05, 4.69) is 5.32 Å². The molecule has 0 saturated heterocycles. The summed E-state index contributed by atoms with van der Waals surface area (Å²) in [4.78, 5) is 11.7. The number of amides is 1. The van der Waals surface area contributed by atoms with Crippen molar-refractivity contribution in [2.45, 2.75) is 12.8 Å². The molecule has 0 heterocycles. The Hall–Kier alpha value is -2.49. The summed E-state index contributed by atoms with van der Waals surface area (Å²) in [6.07, 6.45) is 0.870. The first-order valence-electron chi connectivity index (χ1n) is 6.46. The van der Waals surface area contributed by atoms with Crippen LogP contribution in [0.15, 0.2) is 48.5 Å². The van der Waals surface area contributed by atoms with Gasteiger partial charge >= 0.3 is 0 Å². The Labute approximate surface area is 117 Å². The van der Waals surface area contributed by atoms with E-state index in [4.69, 9.17) is 5.11 Å². The number of phenolic OH excluding ortho intramolecular Hbond substituents is 2. The van der Waals surface area contributed by atoms with E-state index in [0.29, 0.717) is 18.5 Å². The van der Waals surface area contributed by atoms with Crippen LogP contribution < -0.4 is 5.32 Å². The molecule has 0 unspecified atom stereocenters. The molecule has 0 spiro atoms. The van der Waals surface area contributed by atoms with Crippen molar-refractivity contribution in [2.75, 3.05) is 6.54 Å². The Kier molecular flexibility index (Phi) is 4.60. The van der Waals surface area contributed by atoms with Gasteiger partial charge in [-0.1, -0.05) is 30.3 Å². The Morgan fingerprint density at radius 3 is 2.40 bits per heavy atom. The minimum absolute atomic E-state index is 0.120. The molecular weight excluding hydrogens is 254 g/mol. The first kappa shape index (κ1) is 13.9. The van der Waals surface area contributed by atoms with Crippen LogP contribution in [0, 0.1) is 0 Å². The summed E-state index contributed by atoms with van der Waals surface area (Å²) in [6, 6.07) is 13.7. The smallest absolute Gasteiger partial charge is 0.224 e. The highest BCUT2D eigenvalue weighted by atomic mass is 16.3. The van der Waals surface area contributed by atoms with E-state index < -0.39 is 0 Å². The zero-order chi connectivity index (χ0) is 14.4. The maximum absolute atomic E-state index is 11.7. The molecule has 20 heavy (non-hydrogen) atoms. The number of nitrogens with one attached hydrogen (secondary N) is 1. The molecule has 1 amide bonds. The molecule has 104 valence electrons. The van der Waals surface area contributed by atoms with Gasteiger partial charge in [-0.25, -0.2) is 0 Å². The van der Waals surface area contributed by atoms with Gasteiger partial charge in [0.15, 0.2) is 0 Å². The maximum atomic E-state index is 11.7. The summed E-state index contributed by atoms with van der Waals surface area (Å²) in [7, 11) is 0. The van der Waals surface area contributed by atoms with Crippen LogP contribution in [0.1, 0.15) is 11.1 Å². The Morgan fingerprint density at radius 1 is 1.00 bits per heavy atom. The highest BCUT2D eigenvalue weighted by molar-refractivity contribution is 5.79. The second kappa shape index (κ2) is 6.61. The zero-order valence-electron chi connectivity index (χ0n) is 11.0. The summed E-state index contributed by atoms with van der Waals surface area (Å²) in [6.45, 7) is 0.525. The maximum Gasteiger partial charge on any atom is 0.224 e. The van der Waals surface area contributed by atoms with Gasteiger partial charge in [-0.05, 0) is 30.2 Å². The fraction of sp³-hybridized carbons (Fsp3) is 0.188. The standard InChI is InChI=1S/C16H17NO3/c18-14-7-5-12(6-8-14)9-10-17-16(20)11-13-3-1-2-4-15(13)19/h1-8,18-19H,9-11H2,(H,17,20). The molecule has 0 radical (unpaired) electrons. The molecule has 0 saturated carbocycles. The van der Waals surface area contributed by atoms with Gasteiger partial charge in [0, 0.05) is 12.1 Å². The average Bonchev–Trinajstić information content (AvgIpc) is 2.44. The third-order valence-corrected chi connectivity index (χ3v) is 3.01. The van der Waals surface area contributed by atoms with E-state index in [1.54, 1.807) is 36.4 Å². The molecule has 4 nitrogen and oxygen atoms in total. The van der Waals surface area contributed by atoms with E-state index in [9.17, 15) is 9.90 Å². The normalized spacial score (nSPS) is 10.2. The predicted molar refractivity (Wildman–Crippen MR) is 76.6 cm³/mol. The molecule has 4 heteroatoms. The molecule has 2 rings (SSSR count). The fourth-order valence-corrected chi connectivity index (χ4v) is 1.90. The van der Waals surface area contributed by atoms with Crippen molar-refractivity contribution < 1.29 is 15.0 Å². The molecule has 0 aliphatic heterocycles. The van der Waals surface area contributed by atoms with Gasteiger partial charge in [0.25, 0.3) is 0 Å². The molecule has 3 N–H and O–H groups in total. The lowest BCUT2D eigenvalue weighted by Crippen LogP contribution is -2.27. The minimum atomic E-state index is -0.120. The zero-order valence-corrected chi connectivity index (χ0v) is 11.0. The first-order chi connectivity index (χ1) is 9.65. The number of aromatic hydroxyl groups is 2. The number of carbonyl (C=O) groups excluding carboxylic acids is 1. The molecule has 0 bridgehead atoms. The Balaban J connectivity index is 1.78. The van der Waals surface area contributed by atoms with E-state index in [-0.39, 0.29) is 23.8 Å². The van der Waals surface area contributed by atoms with Crippen LogP contribution in [0.25, 0.3) is 0 Å². The van der Waals surface area contributed by atoms with Crippen molar-refractivity contribution in [3.8, 4) is 11.5 Å². The number of rotatable bonds is 5. The second-order valence-electron chi connectivity index (χ2n) is 4.57. The van der Waals surface area contributed by atoms with Crippen molar-refractivity contribution in [3.63, 3.8) is 0 Å². The first-order valence-corrected chi connectivity index (χ1v) is 6.46. The van der Waals surface area contributed by atoms with E-state index in [0.717, 1.165) is 5.56 Å². The summed E-state index contributed by atoms with van der Waals surface area (Å²) < 4.78 is 0. The third kappa shape index (κ3) is 4.02. The van der Waals surface area contributed by atoms with Crippen LogP contribution in [-0.4, -0.2) is 22.7 Å². The molecule has 2 aromatic rings. The number of hydrogen-bond donors (Lipinski definition) is 3. The number of hydrogen-bond acceptors (Lipinski definition) is 3. The van der Waals surface area contributed by atoms with E-state index in [1.165, 1.54) is 0 Å². The second-order valence-corrected chi connectivity index (χ2v) is 4.57. The monoisotopic (exact) mass is 271 g/mol. The summed E-state index contributed by atoms with van der Waals surface area (Å²) >= 11 is 0. The summed E-state index contributed by atoms with van der Waals surface area (Å²) in [5, 5.41) is 21.6. The number of phenols is 2. The third-order valence-electron chi connectivity index (χ3n) is 3.01. The Morgan fingerprint density at radius 2 is 1.70 bits per heavy atom. The quantitative estimate of drug-likeness (QED) is 0.779. The van der Waals surface area contributed by atoms with Gasteiger partial charge < -0.3 is 15.5 Å². The van der Waals surface area contributed by atoms with Crippen LogP contribution in [0.2, 0.25) is 0 Å². The van der Waals surface area contributed by atoms with Crippen molar-refractivity contribution >= 4 is 5.91 Å². The highest BCUT2D eigenvalue weighted by Crippen LogP contribution is 2.15. The van der Waals surface area contributed by atoms with E-state index >= 15 is 0 Å². The molecule has 0 aromatic heterocycles. The van der Waals surface area contributed by atoms with Crippen molar-refractivity contribution in [1.29, 1.82) is 0 Å².